The Kier molecular flexibility index (Phi) is 5.97. The second-order valence-electron chi connectivity index (χ2n) is 4.53. The van der Waals surface area contributed by atoms with Gasteiger partial charge in [0.2, 0.25) is 0 Å². The highest BCUT2D eigenvalue weighted by molar-refractivity contribution is 7.99. The first-order chi connectivity index (χ1) is 9.61. The van der Waals surface area contributed by atoms with Crippen LogP contribution in [0.1, 0.15) is 41.6 Å². The van der Waals surface area contributed by atoms with Crippen LogP contribution in [0.2, 0.25) is 0 Å². The molecule has 118 valence electrons. The normalized spacial score (nSPS) is 12.0. The summed E-state index contributed by atoms with van der Waals surface area (Å²) in [6, 6.07) is 0. The van der Waals surface area contributed by atoms with Gasteiger partial charge in [-0.25, -0.2) is 14.8 Å². The van der Waals surface area contributed by atoms with Gasteiger partial charge < -0.3 is 9.84 Å². The van der Waals surface area contributed by atoms with Crippen LogP contribution in [0.5, 0.6) is 0 Å². The zero-order chi connectivity index (χ0) is 16.2. The second-order valence-corrected chi connectivity index (χ2v) is 5.44. The van der Waals surface area contributed by atoms with E-state index in [1.165, 1.54) is 6.92 Å². The molecule has 0 saturated heterocycles. The lowest BCUT2D eigenvalue weighted by Gasteiger charge is -2.12. The second kappa shape index (κ2) is 7.08. The van der Waals surface area contributed by atoms with Crippen LogP contribution in [0, 0.1) is 6.92 Å². The maximum Gasteiger partial charge on any atom is 0.411 e. The van der Waals surface area contributed by atoms with Gasteiger partial charge >= 0.3 is 12.1 Å². The third-order valence-electron chi connectivity index (χ3n) is 2.35. The lowest BCUT2D eigenvalue weighted by atomic mass is 10.2. The molecule has 0 radical (unpaired) electrons. The fourth-order valence-corrected chi connectivity index (χ4v) is 2.25. The minimum Gasteiger partial charge on any atom is -0.478 e. The van der Waals surface area contributed by atoms with Crippen molar-refractivity contribution in [2.45, 2.75) is 37.9 Å². The van der Waals surface area contributed by atoms with Crippen LogP contribution >= 0.6 is 11.8 Å². The highest BCUT2D eigenvalue weighted by Gasteiger charge is 2.27. The number of carboxylic acids is 1. The van der Waals surface area contributed by atoms with Crippen molar-refractivity contribution in [1.82, 2.24) is 9.97 Å². The molecule has 0 spiro atoms. The molecule has 0 aromatic carbocycles. The average Bonchev–Trinajstić information content (AvgIpc) is 2.32. The van der Waals surface area contributed by atoms with E-state index in [0.717, 1.165) is 11.8 Å². The van der Waals surface area contributed by atoms with Gasteiger partial charge in [0.25, 0.3) is 0 Å². The van der Waals surface area contributed by atoms with Gasteiger partial charge in [-0.15, -0.1) is 0 Å². The highest BCUT2D eigenvalue weighted by Crippen LogP contribution is 2.25. The van der Waals surface area contributed by atoms with Crippen molar-refractivity contribution in [2.24, 2.45) is 0 Å². The van der Waals surface area contributed by atoms with Crippen LogP contribution in [0.25, 0.3) is 0 Å². The number of alkyl halides is 3. The Morgan fingerprint density at radius 1 is 1.38 bits per heavy atom. The number of hydrogen-bond acceptors (Lipinski definition) is 5. The SMILES string of the molecule is Cc1nc(C(C)C)nc(SCOCC(F)(F)F)c1C(=O)O. The molecular formula is C12H15F3N2O3S. The predicted molar refractivity (Wildman–Crippen MR) is 70.5 cm³/mol. The summed E-state index contributed by atoms with van der Waals surface area (Å²) in [6.07, 6.45) is -4.42. The number of halogens is 3. The van der Waals surface area contributed by atoms with Crippen LogP contribution < -0.4 is 0 Å². The lowest BCUT2D eigenvalue weighted by molar-refractivity contribution is -0.168. The first-order valence-electron chi connectivity index (χ1n) is 6.01. The fourth-order valence-electron chi connectivity index (χ4n) is 1.43. The molecule has 1 aromatic rings. The number of carbonyl (C=O) groups is 1. The standard InChI is InChI=1S/C12H15F3N2O3S/c1-6(2)9-16-7(3)8(11(18)19)10(17-9)21-5-20-4-12(13,14)15/h6H,4-5H2,1-3H3,(H,18,19). The number of aromatic nitrogens is 2. The number of hydrogen-bond donors (Lipinski definition) is 1. The summed E-state index contributed by atoms with van der Waals surface area (Å²) in [7, 11) is 0. The molecule has 0 fully saturated rings. The number of rotatable bonds is 6. The van der Waals surface area contributed by atoms with Gasteiger partial charge in [-0.1, -0.05) is 25.6 Å². The van der Waals surface area contributed by atoms with Crippen molar-refractivity contribution in [3.05, 3.63) is 17.1 Å². The Balaban J connectivity index is 2.90. The molecule has 0 aliphatic heterocycles. The summed E-state index contributed by atoms with van der Waals surface area (Å²) in [5.41, 5.74) is 0.166. The Bertz CT molecular complexity index is 521. The largest absolute Gasteiger partial charge is 0.478 e. The molecule has 1 rings (SSSR count). The third kappa shape index (κ3) is 5.50. The van der Waals surface area contributed by atoms with E-state index in [1.54, 1.807) is 0 Å². The van der Waals surface area contributed by atoms with Crippen molar-refractivity contribution in [3.63, 3.8) is 0 Å². The van der Waals surface area contributed by atoms with Crippen molar-refractivity contribution in [1.29, 1.82) is 0 Å². The van der Waals surface area contributed by atoms with E-state index in [9.17, 15) is 18.0 Å². The maximum atomic E-state index is 12.0. The van der Waals surface area contributed by atoms with Crippen LogP contribution in [0.15, 0.2) is 5.03 Å². The van der Waals surface area contributed by atoms with E-state index < -0.39 is 18.8 Å². The molecule has 0 bridgehead atoms. The molecular weight excluding hydrogens is 309 g/mol. The van der Waals surface area contributed by atoms with Crippen molar-refractivity contribution >= 4 is 17.7 Å². The first-order valence-corrected chi connectivity index (χ1v) is 6.99. The first kappa shape index (κ1) is 17.7. The zero-order valence-electron chi connectivity index (χ0n) is 11.7. The van der Waals surface area contributed by atoms with E-state index in [2.05, 4.69) is 14.7 Å². The van der Waals surface area contributed by atoms with Gasteiger partial charge in [0.05, 0.1) is 11.6 Å². The Hall–Kier alpha value is -1.35. The molecule has 0 aliphatic carbocycles. The number of nitrogens with zero attached hydrogens (tertiary/aromatic N) is 2. The molecule has 1 aromatic heterocycles. The molecule has 0 aliphatic rings. The number of aryl methyl sites for hydroxylation is 1. The van der Waals surface area contributed by atoms with Crippen LogP contribution in [-0.2, 0) is 4.74 Å². The summed E-state index contributed by atoms with van der Waals surface area (Å²) in [4.78, 5) is 19.4. The zero-order valence-corrected chi connectivity index (χ0v) is 12.5. The molecule has 9 heteroatoms. The van der Waals surface area contributed by atoms with E-state index in [4.69, 9.17) is 5.11 Å². The lowest BCUT2D eigenvalue weighted by Crippen LogP contribution is -2.17. The van der Waals surface area contributed by atoms with E-state index >= 15 is 0 Å². The number of thioether (sulfide) groups is 1. The molecule has 1 N–H and O–H groups in total. The van der Waals surface area contributed by atoms with Gasteiger partial charge in [0.15, 0.2) is 0 Å². The summed E-state index contributed by atoms with van der Waals surface area (Å²) < 4.78 is 40.4. The number of ether oxygens (including phenoxy) is 1. The molecule has 21 heavy (non-hydrogen) atoms. The van der Waals surface area contributed by atoms with Crippen LogP contribution in [0.3, 0.4) is 0 Å². The Morgan fingerprint density at radius 3 is 2.48 bits per heavy atom. The smallest absolute Gasteiger partial charge is 0.411 e. The Labute approximate surface area is 123 Å². The van der Waals surface area contributed by atoms with Gasteiger partial charge in [0.1, 0.15) is 23.0 Å². The molecule has 5 nitrogen and oxygen atoms in total. The highest BCUT2D eigenvalue weighted by atomic mass is 32.2. The van der Waals surface area contributed by atoms with Crippen LogP contribution in [0.4, 0.5) is 13.2 Å². The molecule has 1 heterocycles. The van der Waals surface area contributed by atoms with Gasteiger partial charge in [-0.2, -0.15) is 13.2 Å². The minimum absolute atomic E-state index is 0.0259. The van der Waals surface area contributed by atoms with Crippen molar-refractivity contribution in [3.8, 4) is 0 Å². The Morgan fingerprint density at radius 2 is 2.00 bits per heavy atom. The fraction of sp³-hybridized carbons (Fsp3) is 0.583. The van der Waals surface area contributed by atoms with Crippen LogP contribution in [-0.4, -0.2) is 39.8 Å². The molecule has 0 saturated carbocycles. The molecule has 0 atom stereocenters. The van der Waals surface area contributed by atoms with Gasteiger partial charge in [-0.3, -0.25) is 0 Å². The summed E-state index contributed by atoms with van der Waals surface area (Å²) >= 11 is 0.808. The summed E-state index contributed by atoms with van der Waals surface area (Å²) in [5.74, 6) is -1.15. The predicted octanol–water partition coefficient (Wildman–Crippen LogP) is 3.24. The number of carboxylic acid groups (broad SMARTS) is 1. The number of aromatic carboxylic acids is 1. The minimum atomic E-state index is -4.42. The van der Waals surface area contributed by atoms with E-state index in [-0.39, 0.29) is 28.1 Å². The maximum absolute atomic E-state index is 12.0. The van der Waals surface area contributed by atoms with E-state index in [0.29, 0.717) is 5.82 Å². The topological polar surface area (TPSA) is 72.3 Å². The average molecular weight is 324 g/mol. The van der Waals surface area contributed by atoms with Gasteiger partial charge in [0, 0.05) is 5.92 Å². The summed E-state index contributed by atoms with van der Waals surface area (Å²) in [6.45, 7) is 3.81. The van der Waals surface area contributed by atoms with Crippen molar-refractivity contribution in [2.75, 3.05) is 12.5 Å². The van der Waals surface area contributed by atoms with E-state index in [1.807, 2.05) is 13.8 Å². The third-order valence-corrected chi connectivity index (χ3v) is 3.20. The summed E-state index contributed by atoms with van der Waals surface area (Å²) in [5, 5.41) is 9.26. The molecule has 0 amide bonds. The van der Waals surface area contributed by atoms with Gasteiger partial charge in [-0.05, 0) is 6.92 Å². The quantitative estimate of drug-likeness (QED) is 0.375. The monoisotopic (exact) mass is 324 g/mol. The molecule has 0 unspecified atom stereocenters. The van der Waals surface area contributed by atoms with Crippen molar-refractivity contribution < 1.29 is 27.8 Å².